The molecule has 0 unspecified atom stereocenters. The molecule has 2 heterocycles. The summed E-state index contributed by atoms with van der Waals surface area (Å²) in [5.41, 5.74) is 0.149. The van der Waals surface area contributed by atoms with E-state index in [1.54, 1.807) is 12.1 Å². The first-order valence-electron chi connectivity index (χ1n) is 6.31. The number of benzene rings is 1. The van der Waals surface area contributed by atoms with Gasteiger partial charge in [0.25, 0.3) is 0 Å². The highest BCUT2D eigenvalue weighted by atomic mass is 16.5. The number of para-hydroxylation sites is 1. The normalized spacial score (nSPS) is 16.4. The van der Waals surface area contributed by atoms with E-state index >= 15 is 0 Å². The SMILES string of the molecule is CN1CC=C(Oc2cc3ccccc3oc2=O)CC1. The second kappa shape index (κ2) is 4.90. The number of likely N-dealkylation sites (N-methyl/N-ethyl adjacent to an activating group) is 1. The van der Waals surface area contributed by atoms with E-state index in [1.165, 1.54) is 0 Å². The molecule has 1 aliphatic heterocycles. The van der Waals surface area contributed by atoms with E-state index in [9.17, 15) is 4.79 Å². The van der Waals surface area contributed by atoms with Crippen molar-refractivity contribution < 1.29 is 9.15 Å². The van der Waals surface area contributed by atoms with Crippen molar-refractivity contribution >= 4 is 11.0 Å². The van der Waals surface area contributed by atoms with Crippen LogP contribution >= 0.6 is 0 Å². The van der Waals surface area contributed by atoms with Crippen LogP contribution in [-0.2, 0) is 0 Å². The smallest absolute Gasteiger partial charge is 0.379 e. The van der Waals surface area contributed by atoms with Crippen molar-refractivity contribution in [2.75, 3.05) is 20.1 Å². The largest absolute Gasteiger partial charge is 0.454 e. The molecule has 0 fully saturated rings. The van der Waals surface area contributed by atoms with Crippen molar-refractivity contribution in [3.63, 3.8) is 0 Å². The molecule has 19 heavy (non-hydrogen) atoms. The standard InChI is InChI=1S/C15H15NO3/c1-16-8-6-12(7-9-16)18-14-10-11-4-2-3-5-13(11)19-15(14)17/h2-6,10H,7-9H2,1H3. The first kappa shape index (κ1) is 12.0. The number of hydrogen-bond acceptors (Lipinski definition) is 4. The van der Waals surface area contributed by atoms with Gasteiger partial charge in [0.05, 0.1) is 0 Å². The average molecular weight is 257 g/mol. The molecular formula is C15H15NO3. The maximum atomic E-state index is 11.8. The lowest BCUT2D eigenvalue weighted by Gasteiger charge is -2.21. The van der Waals surface area contributed by atoms with Crippen molar-refractivity contribution in [2.45, 2.75) is 6.42 Å². The van der Waals surface area contributed by atoms with Gasteiger partial charge in [0.2, 0.25) is 5.75 Å². The maximum Gasteiger partial charge on any atom is 0.379 e. The van der Waals surface area contributed by atoms with Crippen molar-refractivity contribution in [3.8, 4) is 5.75 Å². The fraction of sp³-hybridized carbons (Fsp3) is 0.267. The molecule has 3 rings (SSSR count). The molecule has 0 spiro atoms. The van der Waals surface area contributed by atoms with E-state index in [1.807, 2.05) is 24.3 Å². The van der Waals surface area contributed by atoms with Crippen LogP contribution in [0.5, 0.6) is 5.75 Å². The third-order valence-electron chi connectivity index (χ3n) is 3.22. The minimum Gasteiger partial charge on any atom is -0.454 e. The van der Waals surface area contributed by atoms with Crippen LogP contribution < -0.4 is 10.4 Å². The third-order valence-corrected chi connectivity index (χ3v) is 3.22. The summed E-state index contributed by atoms with van der Waals surface area (Å²) < 4.78 is 10.9. The zero-order valence-electron chi connectivity index (χ0n) is 10.8. The average Bonchev–Trinajstić information content (AvgIpc) is 2.42. The summed E-state index contributed by atoms with van der Waals surface area (Å²) in [7, 11) is 2.05. The van der Waals surface area contributed by atoms with Gasteiger partial charge in [0, 0.05) is 24.9 Å². The Kier molecular flexibility index (Phi) is 3.09. The topological polar surface area (TPSA) is 42.7 Å². The third kappa shape index (κ3) is 2.53. The zero-order chi connectivity index (χ0) is 13.2. The molecule has 0 radical (unpaired) electrons. The van der Waals surface area contributed by atoms with Gasteiger partial charge < -0.3 is 14.1 Å². The lowest BCUT2D eigenvalue weighted by molar-refractivity contribution is 0.297. The molecule has 1 aromatic heterocycles. The van der Waals surface area contributed by atoms with Crippen LogP contribution in [0.2, 0.25) is 0 Å². The number of rotatable bonds is 2. The summed E-state index contributed by atoms with van der Waals surface area (Å²) in [6, 6.07) is 9.15. The molecule has 0 saturated heterocycles. The Morgan fingerprint density at radius 1 is 1.32 bits per heavy atom. The van der Waals surface area contributed by atoms with Crippen LogP contribution in [0.1, 0.15) is 6.42 Å². The Hall–Kier alpha value is -2.07. The van der Waals surface area contributed by atoms with Gasteiger partial charge in [0.1, 0.15) is 11.3 Å². The zero-order valence-corrected chi connectivity index (χ0v) is 10.8. The van der Waals surface area contributed by atoms with Crippen LogP contribution in [0.3, 0.4) is 0 Å². The molecule has 0 bridgehead atoms. The summed E-state index contributed by atoms with van der Waals surface area (Å²) in [6.07, 6.45) is 2.81. The highest BCUT2D eigenvalue weighted by Gasteiger charge is 2.12. The van der Waals surface area contributed by atoms with Gasteiger partial charge >= 0.3 is 5.63 Å². The number of ether oxygens (including phenoxy) is 1. The predicted octanol–water partition coefficient (Wildman–Crippen LogP) is 2.39. The molecule has 0 atom stereocenters. The van der Waals surface area contributed by atoms with Crippen molar-refractivity contribution in [1.29, 1.82) is 0 Å². The lowest BCUT2D eigenvalue weighted by atomic mass is 10.2. The molecule has 4 nitrogen and oxygen atoms in total. The molecule has 2 aromatic rings. The highest BCUT2D eigenvalue weighted by Crippen LogP contribution is 2.20. The van der Waals surface area contributed by atoms with E-state index in [0.717, 1.165) is 30.7 Å². The Morgan fingerprint density at radius 2 is 2.16 bits per heavy atom. The number of nitrogens with zero attached hydrogens (tertiary/aromatic N) is 1. The van der Waals surface area contributed by atoms with Gasteiger partial charge in [-0.2, -0.15) is 0 Å². The van der Waals surface area contributed by atoms with Crippen LogP contribution in [0.4, 0.5) is 0 Å². The second-order valence-electron chi connectivity index (χ2n) is 4.72. The monoisotopic (exact) mass is 257 g/mol. The Labute approximate surface area is 110 Å². The fourth-order valence-corrected chi connectivity index (χ4v) is 2.10. The Balaban J connectivity index is 1.93. The van der Waals surface area contributed by atoms with Crippen LogP contribution in [0, 0.1) is 0 Å². The molecule has 4 heteroatoms. The van der Waals surface area contributed by atoms with E-state index in [-0.39, 0.29) is 5.75 Å². The van der Waals surface area contributed by atoms with E-state index < -0.39 is 5.63 Å². The number of hydrogen-bond donors (Lipinski definition) is 0. The van der Waals surface area contributed by atoms with Gasteiger partial charge in [-0.15, -0.1) is 0 Å². The quantitative estimate of drug-likeness (QED) is 0.775. The van der Waals surface area contributed by atoms with Gasteiger partial charge in [-0.25, -0.2) is 4.79 Å². The first-order chi connectivity index (χ1) is 9.22. The van der Waals surface area contributed by atoms with E-state index in [0.29, 0.717) is 5.58 Å². The van der Waals surface area contributed by atoms with Gasteiger partial charge in [-0.1, -0.05) is 18.2 Å². The van der Waals surface area contributed by atoms with Crippen LogP contribution in [0.25, 0.3) is 11.0 Å². The van der Waals surface area contributed by atoms with Crippen molar-refractivity contribution in [2.24, 2.45) is 0 Å². The summed E-state index contributed by atoms with van der Waals surface area (Å²) in [5.74, 6) is 1.09. The summed E-state index contributed by atoms with van der Waals surface area (Å²) in [5, 5.41) is 0.866. The van der Waals surface area contributed by atoms with Gasteiger partial charge in [-0.3, -0.25) is 0 Å². The maximum absolute atomic E-state index is 11.8. The minimum atomic E-state index is -0.432. The molecule has 0 N–H and O–H groups in total. The molecule has 1 aromatic carbocycles. The van der Waals surface area contributed by atoms with Crippen LogP contribution in [-0.4, -0.2) is 25.0 Å². The first-order valence-corrected chi connectivity index (χ1v) is 6.31. The molecule has 0 amide bonds. The predicted molar refractivity (Wildman–Crippen MR) is 73.3 cm³/mol. The fourth-order valence-electron chi connectivity index (χ4n) is 2.10. The van der Waals surface area contributed by atoms with Crippen LogP contribution in [0.15, 0.2) is 51.4 Å². The minimum absolute atomic E-state index is 0.259. The van der Waals surface area contributed by atoms with Gasteiger partial charge in [0.15, 0.2) is 0 Å². The molecule has 1 aliphatic rings. The summed E-state index contributed by atoms with van der Waals surface area (Å²) in [4.78, 5) is 14.0. The molecule has 98 valence electrons. The lowest BCUT2D eigenvalue weighted by Crippen LogP contribution is -2.25. The Bertz CT molecular complexity index is 687. The summed E-state index contributed by atoms with van der Waals surface area (Å²) in [6.45, 7) is 1.78. The molecule has 0 saturated carbocycles. The second-order valence-corrected chi connectivity index (χ2v) is 4.72. The van der Waals surface area contributed by atoms with E-state index in [2.05, 4.69) is 11.9 Å². The molecular weight excluding hydrogens is 242 g/mol. The highest BCUT2D eigenvalue weighted by molar-refractivity contribution is 5.77. The van der Waals surface area contributed by atoms with Crippen molar-refractivity contribution in [3.05, 3.63) is 52.6 Å². The van der Waals surface area contributed by atoms with Crippen molar-refractivity contribution in [1.82, 2.24) is 4.90 Å². The number of fused-ring (bicyclic) bond motifs is 1. The Morgan fingerprint density at radius 3 is 2.95 bits per heavy atom. The summed E-state index contributed by atoms with van der Waals surface area (Å²) >= 11 is 0. The van der Waals surface area contributed by atoms with E-state index in [4.69, 9.17) is 9.15 Å². The van der Waals surface area contributed by atoms with Gasteiger partial charge in [-0.05, 0) is 25.3 Å². The molecule has 0 aliphatic carbocycles.